The quantitative estimate of drug-likeness (QED) is 0.130. The number of amides is 1. The Balaban J connectivity index is 1.69. The number of anilines is 1. The van der Waals surface area contributed by atoms with Crippen LogP contribution in [0.4, 0.5) is 11.6 Å². The summed E-state index contributed by atoms with van der Waals surface area (Å²) in [5.74, 6) is -1.39. The second kappa shape index (κ2) is 8.82. The fourth-order valence-electron chi connectivity index (χ4n) is 4.13. The predicted molar refractivity (Wildman–Crippen MR) is 131 cm³/mol. The molecule has 36 heavy (non-hydrogen) atoms. The van der Waals surface area contributed by atoms with Gasteiger partial charge in [-0.15, -0.1) is 11.3 Å². The number of nitro benzene ring substituents is 1. The second-order valence-corrected chi connectivity index (χ2v) is 8.76. The van der Waals surface area contributed by atoms with Crippen LogP contribution in [0.2, 0.25) is 0 Å². The maximum absolute atomic E-state index is 13.3. The van der Waals surface area contributed by atoms with E-state index in [4.69, 9.17) is 9.47 Å². The number of aromatic nitrogens is 2. The highest BCUT2D eigenvalue weighted by Gasteiger charge is 2.48. The van der Waals surface area contributed by atoms with E-state index in [1.165, 1.54) is 48.7 Å². The molecule has 1 fully saturated rings. The highest BCUT2D eigenvalue weighted by atomic mass is 32.1. The SMILES string of the molecule is COc1cc2nc(N3C(=O)C(=O)/C(=C(/O)c4cccc([N+](=O)[O-])c4)C3c3cccs3)[nH]c2cc1OC. The van der Waals surface area contributed by atoms with Crippen LogP contribution in [-0.4, -0.2) is 45.9 Å². The zero-order valence-electron chi connectivity index (χ0n) is 18.9. The number of carbonyl (C=O) groups is 2. The van der Waals surface area contributed by atoms with Crippen molar-refractivity contribution in [2.24, 2.45) is 0 Å². The van der Waals surface area contributed by atoms with Crippen molar-refractivity contribution in [2.75, 3.05) is 19.1 Å². The molecule has 0 radical (unpaired) electrons. The molecule has 1 amide bonds. The van der Waals surface area contributed by atoms with Crippen molar-refractivity contribution in [3.8, 4) is 11.5 Å². The Bertz CT molecular complexity index is 1520. The lowest BCUT2D eigenvalue weighted by Gasteiger charge is -2.21. The molecule has 1 atom stereocenters. The van der Waals surface area contributed by atoms with Gasteiger partial charge in [-0.1, -0.05) is 18.2 Å². The number of methoxy groups -OCH3 is 2. The lowest BCUT2D eigenvalue weighted by molar-refractivity contribution is -0.384. The van der Waals surface area contributed by atoms with Crippen LogP contribution in [0, 0.1) is 10.1 Å². The third-order valence-electron chi connectivity index (χ3n) is 5.79. The summed E-state index contributed by atoms with van der Waals surface area (Å²) in [5.41, 5.74) is 0.587. The van der Waals surface area contributed by atoms with Crippen molar-refractivity contribution in [3.05, 3.63) is 80.0 Å². The lowest BCUT2D eigenvalue weighted by atomic mass is 9.99. The Kier molecular flexibility index (Phi) is 5.65. The number of nitro groups is 1. The van der Waals surface area contributed by atoms with Crippen LogP contribution in [0.3, 0.4) is 0 Å². The van der Waals surface area contributed by atoms with Gasteiger partial charge in [-0.05, 0) is 11.4 Å². The molecular weight excluding hydrogens is 488 g/mol. The average molecular weight is 506 g/mol. The molecule has 2 aromatic heterocycles. The molecule has 0 saturated carbocycles. The van der Waals surface area contributed by atoms with E-state index >= 15 is 0 Å². The van der Waals surface area contributed by atoms with Crippen molar-refractivity contribution >= 4 is 51.5 Å². The number of aromatic amines is 1. The number of rotatable bonds is 6. The third-order valence-corrected chi connectivity index (χ3v) is 6.72. The maximum Gasteiger partial charge on any atom is 0.302 e. The molecule has 0 aliphatic carbocycles. The monoisotopic (exact) mass is 506 g/mol. The Labute approximate surface area is 207 Å². The zero-order chi connectivity index (χ0) is 25.6. The lowest BCUT2D eigenvalue weighted by Crippen LogP contribution is -2.30. The number of Topliss-reactive ketones (excluding diaryl/α,β-unsaturated/α-hetero) is 1. The fourth-order valence-corrected chi connectivity index (χ4v) is 4.95. The molecule has 11 nitrogen and oxygen atoms in total. The number of thiophene rings is 1. The fraction of sp³-hybridized carbons (Fsp3) is 0.125. The number of aliphatic hydroxyl groups excluding tert-OH is 1. The van der Waals surface area contributed by atoms with Gasteiger partial charge in [-0.2, -0.15) is 0 Å². The molecule has 1 aliphatic heterocycles. The largest absolute Gasteiger partial charge is 0.507 e. The van der Waals surface area contributed by atoms with Crippen LogP contribution < -0.4 is 14.4 Å². The van der Waals surface area contributed by atoms with Gasteiger partial charge in [0.25, 0.3) is 11.5 Å². The number of ketones is 1. The number of imidazole rings is 1. The molecule has 3 heterocycles. The van der Waals surface area contributed by atoms with Gasteiger partial charge in [0.2, 0.25) is 5.95 Å². The Morgan fingerprint density at radius 1 is 1.14 bits per heavy atom. The number of ether oxygens (including phenoxy) is 2. The van der Waals surface area contributed by atoms with Gasteiger partial charge in [0.05, 0.1) is 35.7 Å². The van der Waals surface area contributed by atoms with Crippen LogP contribution in [0.15, 0.2) is 59.5 Å². The number of fused-ring (bicyclic) bond motifs is 1. The summed E-state index contributed by atoms with van der Waals surface area (Å²) in [7, 11) is 2.98. The number of non-ortho nitro benzene ring substituents is 1. The van der Waals surface area contributed by atoms with Crippen molar-refractivity contribution in [3.63, 3.8) is 0 Å². The number of nitrogens with zero attached hydrogens (tertiary/aromatic N) is 3. The van der Waals surface area contributed by atoms with Gasteiger partial charge in [-0.25, -0.2) is 4.98 Å². The first-order chi connectivity index (χ1) is 17.3. The first-order valence-electron chi connectivity index (χ1n) is 10.5. The minimum atomic E-state index is -1.01. The number of hydrogen-bond donors (Lipinski definition) is 2. The van der Waals surface area contributed by atoms with Crippen molar-refractivity contribution in [1.82, 2.24) is 9.97 Å². The molecule has 5 rings (SSSR count). The highest BCUT2D eigenvalue weighted by Crippen LogP contribution is 2.44. The number of hydrogen-bond acceptors (Lipinski definition) is 9. The van der Waals surface area contributed by atoms with Crippen molar-refractivity contribution < 1.29 is 29.1 Å². The first kappa shape index (κ1) is 23.1. The molecule has 0 spiro atoms. The standard InChI is InChI=1S/C24H18N4O7S/c1-34-16-10-14-15(11-17(16)35-2)26-24(25-14)27-20(18-7-4-8-36-18)19(22(30)23(27)31)21(29)12-5-3-6-13(9-12)28(32)33/h3-11,20,29H,1-2H3,(H,25,26)/b21-19+. The summed E-state index contributed by atoms with van der Waals surface area (Å²) in [5, 5.41) is 24.1. The van der Waals surface area contributed by atoms with E-state index in [1.54, 1.807) is 29.6 Å². The molecular formula is C24H18N4O7S. The third kappa shape index (κ3) is 3.64. The summed E-state index contributed by atoms with van der Waals surface area (Å²) in [6.45, 7) is 0. The van der Waals surface area contributed by atoms with Gasteiger partial charge in [0.1, 0.15) is 11.8 Å². The second-order valence-electron chi connectivity index (χ2n) is 7.78. The van der Waals surface area contributed by atoms with Gasteiger partial charge in [-0.3, -0.25) is 24.6 Å². The summed E-state index contributed by atoms with van der Waals surface area (Å²) in [6, 6.07) is 11.0. The molecule has 2 N–H and O–H groups in total. The van der Waals surface area contributed by atoms with Crippen LogP contribution in [0.1, 0.15) is 16.5 Å². The van der Waals surface area contributed by atoms with Gasteiger partial charge in [0, 0.05) is 34.7 Å². The van der Waals surface area contributed by atoms with Crippen LogP contribution in [0.25, 0.3) is 16.8 Å². The Morgan fingerprint density at radius 3 is 2.56 bits per heavy atom. The van der Waals surface area contributed by atoms with Crippen molar-refractivity contribution in [2.45, 2.75) is 6.04 Å². The van der Waals surface area contributed by atoms with Gasteiger partial charge < -0.3 is 19.6 Å². The van der Waals surface area contributed by atoms with E-state index in [-0.39, 0.29) is 22.8 Å². The average Bonchev–Trinajstić information content (AvgIpc) is 3.61. The highest BCUT2D eigenvalue weighted by molar-refractivity contribution is 7.10. The van der Waals surface area contributed by atoms with Crippen LogP contribution >= 0.6 is 11.3 Å². The number of H-pyrrole nitrogens is 1. The van der Waals surface area contributed by atoms with E-state index < -0.39 is 28.4 Å². The van der Waals surface area contributed by atoms with E-state index in [9.17, 15) is 24.8 Å². The van der Waals surface area contributed by atoms with E-state index in [0.717, 1.165) is 6.07 Å². The van der Waals surface area contributed by atoms with E-state index in [0.29, 0.717) is 27.4 Å². The van der Waals surface area contributed by atoms with Crippen molar-refractivity contribution in [1.29, 1.82) is 0 Å². The molecule has 4 aromatic rings. The molecule has 182 valence electrons. The Morgan fingerprint density at radius 2 is 1.89 bits per heavy atom. The molecule has 2 aromatic carbocycles. The predicted octanol–water partition coefficient (Wildman–Crippen LogP) is 4.18. The smallest absolute Gasteiger partial charge is 0.302 e. The first-order valence-corrected chi connectivity index (χ1v) is 11.4. The molecule has 1 aliphatic rings. The maximum atomic E-state index is 13.3. The normalized spacial score (nSPS) is 17.1. The van der Waals surface area contributed by atoms with Crippen LogP contribution in [0.5, 0.6) is 11.5 Å². The number of benzene rings is 2. The molecule has 0 bridgehead atoms. The van der Waals surface area contributed by atoms with Crippen LogP contribution in [-0.2, 0) is 9.59 Å². The topological polar surface area (TPSA) is 148 Å². The zero-order valence-corrected chi connectivity index (χ0v) is 19.7. The minimum Gasteiger partial charge on any atom is -0.507 e. The summed E-state index contributed by atoms with van der Waals surface area (Å²) in [6.07, 6.45) is 0. The number of carbonyl (C=O) groups excluding carboxylic acids is 2. The summed E-state index contributed by atoms with van der Waals surface area (Å²) >= 11 is 1.28. The van der Waals surface area contributed by atoms with Gasteiger partial charge >= 0.3 is 5.91 Å². The molecule has 1 unspecified atom stereocenters. The minimum absolute atomic E-state index is 0.0443. The summed E-state index contributed by atoms with van der Waals surface area (Å²) in [4.78, 5) is 46.4. The summed E-state index contributed by atoms with van der Waals surface area (Å²) < 4.78 is 10.6. The number of nitrogens with one attached hydrogen (secondary N) is 1. The van der Waals surface area contributed by atoms with Gasteiger partial charge in [0.15, 0.2) is 11.5 Å². The molecule has 1 saturated heterocycles. The Hall–Kier alpha value is -4.71. The molecule has 12 heteroatoms. The van der Waals surface area contributed by atoms with E-state index in [2.05, 4.69) is 9.97 Å². The number of aliphatic hydroxyl groups is 1. The van der Waals surface area contributed by atoms with E-state index in [1.807, 2.05) is 0 Å².